The number of thioether (sulfide) groups is 1. The maximum Gasteiger partial charge on any atom is 0.114 e. The van der Waals surface area contributed by atoms with Gasteiger partial charge in [0.25, 0.3) is 0 Å². The quantitative estimate of drug-likeness (QED) is 0.328. The lowest BCUT2D eigenvalue weighted by molar-refractivity contribution is 1.18. The molecule has 52 valence electrons. The van der Waals surface area contributed by atoms with Gasteiger partial charge in [-0.1, -0.05) is 12.2 Å². The van der Waals surface area contributed by atoms with Gasteiger partial charge in [0.2, 0.25) is 0 Å². The van der Waals surface area contributed by atoms with Gasteiger partial charge in [0.15, 0.2) is 0 Å². The second-order valence-electron chi connectivity index (χ2n) is 1.87. The Morgan fingerprint density at radius 3 is 2.33 bits per heavy atom. The van der Waals surface area contributed by atoms with E-state index in [-0.39, 0.29) is 0 Å². The highest BCUT2D eigenvalue weighted by Gasteiger charge is 2.27. The van der Waals surface area contributed by atoms with Crippen LogP contribution in [0, 0.1) is 0 Å². The van der Waals surface area contributed by atoms with Gasteiger partial charge in [-0.3, -0.25) is 0 Å². The lowest BCUT2D eigenvalue weighted by Crippen LogP contribution is -2.17. The average molecular weight is 196 g/mol. The summed E-state index contributed by atoms with van der Waals surface area (Å²) in [5.74, 6) is 1.06. The van der Waals surface area contributed by atoms with E-state index in [1.54, 1.807) is 0 Å². The highest BCUT2D eigenvalue weighted by atomic mass is 32.2. The fraction of sp³-hybridized carbons (Fsp3) is 0.600. The third kappa shape index (κ3) is 2.33. The smallest absolute Gasteiger partial charge is 0.114 e. The summed E-state index contributed by atoms with van der Waals surface area (Å²) in [5, 5.41) is 0.340. The van der Waals surface area contributed by atoms with Crippen molar-refractivity contribution in [1.82, 2.24) is 0 Å². The molecule has 0 spiro atoms. The predicted molar refractivity (Wildman–Crippen MR) is 55.1 cm³/mol. The molecule has 0 fully saturated rings. The van der Waals surface area contributed by atoms with Crippen molar-refractivity contribution in [3.05, 3.63) is 12.2 Å². The van der Waals surface area contributed by atoms with Crippen LogP contribution in [0.25, 0.3) is 0 Å². The van der Waals surface area contributed by atoms with Crippen LogP contribution < -0.4 is 0 Å². The van der Waals surface area contributed by atoms with Crippen molar-refractivity contribution in [3.8, 4) is 0 Å². The first kappa shape index (κ1) is 8.24. The molecule has 0 radical (unpaired) electrons. The van der Waals surface area contributed by atoms with Gasteiger partial charge in [0, 0.05) is 5.75 Å². The zero-order valence-corrected chi connectivity index (χ0v) is 8.19. The van der Waals surface area contributed by atoms with Crippen LogP contribution in [0.3, 0.4) is 0 Å². The summed E-state index contributed by atoms with van der Waals surface area (Å²) in [4.78, 5) is 0. The van der Waals surface area contributed by atoms with Gasteiger partial charge < -0.3 is 0 Å². The molecule has 0 nitrogen and oxygen atoms in total. The maximum atomic E-state index is 4.21. The van der Waals surface area contributed by atoms with Gasteiger partial charge in [0.05, 0.1) is 5.25 Å². The number of rotatable bonds is 1. The van der Waals surface area contributed by atoms with Crippen molar-refractivity contribution >= 4 is 49.6 Å². The van der Waals surface area contributed by atoms with Gasteiger partial charge >= 0.3 is 0 Å². The molecule has 0 aromatic heterocycles. The van der Waals surface area contributed by atoms with Crippen LogP contribution in [-0.2, 0) is 0 Å². The molecule has 0 aliphatic carbocycles. The Hall–Kier alpha value is 1.14. The van der Waals surface area contributed by atoms with E-state index >= 15 is 0 Å². The molecule has 0 amide bonds. The fourth-order valence-electron chi connectivity index (χ4n) is 0.635. The van der Waals surface area contributed by atoms with Gasteiger partial charge in [-0.05, 0) is 0 Å². The summed E-state index contributed by atoms with van der Waals surface area (Å²) in [7, 11) is 0. The topological polar surface area (TPSA) is 0 Å². The van der Waals surface area contributed by atoms with Crippen LogP contribution in [-0.4, -0.2) is 14.4 Å². The molecule has 1 aliphatic rings. The Morgan fingerprint density at radius 1 is 1.44 bits per heavy atom. The molecule has 1 atom stereocenters. The lowest BCUT2D eigenvalue weighted by Gasteiger charge is -2.20. The monoisotopic (exact) mass is 196 g/mol. The van der Waals surface area contributed by atoms with Gasteiger partial charge in [-0.25, -0.2) is 0 Å². The van der Waals surface area contributed by atoms with E-state index in [0.717, 1.165) is 5.75 Å². The Morgan fingerprint density at radius 2 is 2.11 bits per heavy atom. The van der Waals surface area contributed by atoms with E-state index in [4.69, 9.17) is 0 Å². The van der Waals surface area contributed by atoms with E-state index < -0.39 is 3.41 Å². The number of hydrogen-bond donors (Lipinski definition) is 3. The van der Waals surface area contributed by atoms with E-state index in [1.165, 1.54) is 0 Å². The Kier molecular flexibility index (Phi) is 2.77. The SMILES string of the molecule is SC(S)(S)C1C=CCS1. The molecular formula is C5H8S4. The Bertz CT molecular complexity index is 123. The van der Waals surface area contributed by atoms with Gasteiger partial charge in [0.1, 0.15) is 3.41 Å². The largest absolute Gasteiger partial charge is 0.150 e. The van der Waals surface area contributed by atoms with E-state index in [2.05, 4.69) is 50.0 Å². The van der Waals surface area contributed by atoms with Crippen LogP contribution in [0.2, 0.25) is 0 Å². The molecular weight excluding hydrogens is 188 g/mol. The highest BCUT2D eigenvalue weighted by Crippen LogP contribution is 2.39. The zero-order valence-electron chi connectivity index (χ0n) is 4.69. The second-order valence-corrected chi connectivity index (χ2v) is 6.22. The Labute approximate surface area is 76.1 Å². The van der Waals surface area contributed by atoms with Crippen molar-refractivity contribution in [2.24, 2.45) is 0 Å². The number of hydrogen-bond acceptors (Lipinski definition) is 4. The second kappa shape index (κ2) is 3.03. The molecule has 1 aliphatic heterocycles. The van der Waals surface area contributed by atoms with Crippen molar-refractivity contribution in [1.29, 1.82) is 0 Å². The van der Waals surface area contributed by atoms with Crippen LogP contribution in [0.5, 0.6) is 0 Å². The molecule has 0 saturated heterocycles. The molecule has 1 heterocycles. The van der Waals surface area contributed by atoms with Crippen LogP contribution in [0.15, 0.2) is 12.2 Å². The summed E-state index contributed by atoms with van der Waals surface area (Å²) in [6, 6.07) is 0. The minimum Gasteiger partial charge on any atom is -0.150 e. The summed E-state index contributed by atoms with van der Waals surface area (Å²) in [6.45, 7) is 0. The first-order chi connectivity index (χ1) is 4.11. The maximum absolute atomic E-state index is 4.21. The molecule has 1 rings (SSSR count). The predicted octanol–water partition coefficient (Wildman–Crippen LogP) is 2.10. The molecule has 0 aromatic carbocycles. The average Bonchev–Trinajstić information content (AvgIpc) is 2.08. The first-order valence-electron chi connectivity index (χ1n) is 2.56. The normalized spacial score (nSPS) is 27.2. The van der Waals surface area contributed by atoms with Crippen LogP contribution in [0.1, 0.15) is 0 Å². The summed E-state index contributed by atoms with van der Waals surface area (Å²) in [6.07, 6.45) is 4.21. The summed E-state index contributed by atoms with van der Waals surface area (Å²) >= 11 is 14.4. The van der Waals surface area contributed by atoms with Gasteiger partial charge in [-0.2, -0.15) is 0 Å². The molecule has 1 unspecified atom stereocenters. The zero-order chi connectivity index (χ0) is 6.91. The standard InChI is InChI=1S/C5H8S4/c6-5(7,8)4-2-1-3-9-4/h1-2,4,6-8H,3H2. The molecule has 4 heteroatoms. The molecule has 0 bridgehead atoms. The van der Waals surface area contributed by atoms with E-state index in [1.807, 2.05) is 11.8 Å². The number of thiol groups is 3. The summed E-state index contributed by atoms with van der Waals surface area (Å²) in [5.41, 5.74) is 0. The molecule has 0 saturated carbocycles. The molecule has 0 N–H and O–H groups in total. The summed E-state index contributed by atoms with van der Waals surface area (Å²) < 4.78 is -0.461. The van der Waals surface area contributed by atoms with Crippen molar-refractivity contribution in [3.63, 3.8) is 0 Å². The fourth-order valence-corrected chi connectivity index (χ4v) is 2.44. The molecule has 9 heavy (non-hydrogen) atoms. The third-order valence-corrected chi connectivity index (χ3v) is 3.68. The van der Waals surface area contributed by atoms with E-state index in [9.17, 15) is 0 Å². The van der Waals surface area contributed by atoms with Crippen molar-refractivity contribution < 1.29 is 0 Å². The van der Waals surface area contributed by atoms with Crippen LogP contribution in [0.4, 0.5) is 0 Å². The Balaban J connectivity index is 2.53. The molecule has 0 aromatic rings. The van der Waals surface area contributed by atoms with Crippen LogP contribution >= 0.6 is 49.6 Å². The van der Waals surface area contributed by atoms with Crippen molar-refractivity contribution in [2.45, 2.75) is 8.66 Å². The van der Waals surface area contributed by atoms with Gasteiger partial charge in [-0.15, -0.1) is 49.6 Å². The van der Waals surface area contributed by atoms with Crippen molar-refractivity contribution in [2.75, 3.05) is 5.75 Å². The minimum atomic E-state index is -0.461. The van der Waals surface area contributed by atoms with E-state index in [0.29, 0.717) is 5.25 Å². The lowest BCUT2D eigenvalue weighted by atomic mass is 10.4. The first-order valence-corrected chi connectivity index (χ1v) is 4.95. The minimum absolute atomic E-state index is 0.340. The third-order valence-electron chi connectivity index (χ3n) is 1.06. The highest BCUT2D eigenvalue weighted by molar-refractivity contribution is 8.19.